The van der Waals surface area contributed by atoms with Gasteiger partial charge in [0, 0.05) is 25.9 Å². The zero-order chi connectivity index (χ0) is 19.4. The Labute approximate surface area is 160 Å². The molecule has 0 aliphatic heterocycles. The fourth-order valence-electron chi connectivity index (χ4n) is 2.84. The first-order chi connectivity index (χ1) is 12.4. The molecule has 4 heteroatoms. The molecule has 0 fully saturated rings. The molecule has 0 amide bonds. The third-order valence-electron chi connectivity index (χ3n) is 4.19. The molecule has 0 aromatic heterocycles. The quantitative estimate of drug-likeness (QED) is 0.487. The molecule has 0 heterocycles. The highest BCUT2D eigenvalue weighted by molar-refractivity contribution is 5.51. The van der Waals surface area contributed by atoms with Crippen LogP contribution < -0.4 is 4.90 Å². The molecule has 1 aromatic rings. The van der Waals surface area contributed by atoms with Crippen LogP contribution in [0.3, 0.4) is 0 Å². The maximum atomic E-state index is 5.79. The van der Waals surface area contributed by atoms with Crippen molar-refractivity contribution in [3.8, 4) is 0 Å². The predicted octanol–water partition coefficient (Wildman–Crippen LogP) is 4.34. The van der Waals surface area contributed by atoms with Crippen LogP contribution in [0.2, 0.25) is 0 Å². The zero-order valence-corrected chi connectivity index (χ0v) is 17.8. The molecule has 4 nitrogen and oxygen atoms in total. The smallest absolute Gasteiger partial charge is 0.0701 e. The van der Waals surface area contributed by atoms with Crippen LogP contribution in [0.5, 0.6) is 0 Å². The van der Waals surface area contributed by atoms with E-state index in [2.05, 4.69) is 57.7 Å². The van der Waals surface area contributed by atoms with Crippen molar-refractivity contribution in [2.45, 2.75) is 47.5 Å². The molecule has 0 aliphatic rings. The van der Waals surface area contributed by atoms with Crippen molar-refractivity contribution >= 4 is 5.69 Å². The lowest BCUT2D eigenvalue weighted by Gasteiger charge is -2.32. The van der Waals surface area contributed by atoms with E-state index in [-0.39, 0.29) is 5.41 Å². The van der Waals surface area contributed by atoms with E-state index in [1.165, 1.54) is 16.8 Å². The topological polar surface area (TPSA) is 30.9 Å². The number of ether oxygens (including phenoxy) is 3. The fraction of sp³-hybridized carbons (Fsp3) is 0.727. The SMILES string of the molecule is CCc1cc(CC)cc(N(CCOCCOCCOC)CC(C)(C)C)c1. The molecule has 0 unspecified atom stereocenters. The molecule has 0 N–H and O–H groups in total. The Morgan fingerprint density at radius 1 is 0.808 bits per heavy atom. The number of rotatable bonds is 13. The standard InChI is InChI=1S/C22H39NO3/c1-7-19-15-20(8-2)17-21(16-19)23(18-22(3,4)5)9-10-25-13-14-26-12-11-24-6/h15-17H,7-14,18H2,1-6H3. The van der Waals surface area contributed by atoms with Gasteiger partial charge in [-0.2, -0.15) is 0 Å². The summed E-state index contributed by atoms with van der Waals surface area (Å²) in [4.78, 5) is 2.46. The van der Waals surface area contributed by atoms with Crippen LogP contribution in [0.4, 0.5) is 5.69 Å². The summed E-state index contributed by atoms with van der Waals surface area (Å²) in [6, 6.07) is 6.99. The fourth-order valence-corrected chi connectivity index (χ4v) is 2.84. The number of hydrogen-bond acceptors (Lipinski definition) is 4. The average molecular weight is 366 g/mol. The Morgan fingerprint density at radius 3 is 1.85 bits per heavy atom. The number of hydrogen-bond donors (Lipinski definition) is 0. The second-order valence-electron chi connectivity index (χ2n) is 7.91. The molecule has 26 heavy (non-hydrogen) atoms. The maximum Gasteiger partial charge on any atom is 0.0701 e. The highest BCUT2D eigenvalue weighted by Crippen LogP contribution is 2.24. The van der Waals surface area contributed by atoms with Gasteiger partial charge in [-0.3, -0.25) is 0 Å². The summed E-state index contributed by atoms with van der Waals surface area (Å²) in [5.41, 5.74) is 4.37. The molecule has 0 radical (unpaired) electrons. The maximum absolute atomic E-state index is 5.79. The van der Waals surface area contributed by atoms with Crippen molar-refractivity contribution in [3.63, 3.8) is 0 Å². The number of benzene rings is 1. The van der Waals surface area contributed by atoms with E-state index in [0.717, 1.165) is 25.9 Å². The van der Waals surface area contributed by atoms with Gasteiger partial charge < -0.3 is 19.1 Å². The molecule has 0 saturated carbocycles. The largest absolute Gasteiger partial charge is 0.382 e. The van der Waals surface area contributed by atoms with Crippen molar-refractivity contribution in [3.05, 3.63) is 29.3 Å². The van der Waals surface area contributed by atoms with Crippen LogP contribution in [0.1, 0.15) is 45.7 Å². The van der Waals surface area contributed by atoms with E-state index in [1.807, 2.05) is 0 Å². The van der Waals surface area contributed by atoms with Gasteiger partial charge >= 0.3 is 0 Å². The van der Waals surface area contributed by atoms with Gasteiger partial charge in [0.15, 0.2) is 0 Å². The summed E-state index contributed by atoms with van der Waals surface area (Å²) in [5, 5.41) is 0. The average Bonchev–Trinajstić information content (AvgIpc) is 2.61. The van der Waals surface area contributed by atoms with Crippen molar-refractivity contribution in [1.29, 1.82) is 0 Å². The van der Waals surface area contributed by atoms with Gasteiger partial charge in [0.25, 0.3) is 0 Å². The highest BCUT2D eigenvalue weighted by atomic mass is 16.5. The summed E-state index contributed by atoms with van der Waals surface area (Å²) in [5.74, 6) is 0. The Morgan fingerprint density at radius 2 is 1.35 bits per heavy atom. The Hall–Kier alpha value is -1.10. The first-order valence-electron chi connectivity index (χ1n) is 9.91. The zero-order valence-electron chi connectivity index (χ0n) is 17.8. The van der Waals surface area contributed by atoms with Crippen LogP contribution in [0.25, 0.3) is 0 Å². The lowest BCUT2D eigenvalue weighted by atomic mass is 9.95. The van der Waals surface area contributed by atoms with Gasteiger partial charge in [0.1, 0.15) is 0 Å². The van der Waals surface area contributed by atoms with Crippen LogP contribution in [0, 0.1) is 5.41 Å². The minimum absolute atomic E-state index is 0.234. The minimum atomic E-state index is 0.234. The van der Waals surface area contributed by atoms with Crippen LogP contribution in [-0.2, 0) is 27.1 Å². The summed E-state index contributed by atoms with van der Waals surface area (Å²) < 4.78 is 16.2. The Kier molecular flexibility index (Phi) is 10.9. The summed E-state index contributed by atoms with van der Waals surface area (Å²) in [7, 11) is 1.68. The summed E-state index contributed by atoms with van der Waals surface area (Å²) >= 11 is 0. The normalized spacial score (nSPS) is 11.8. The summed E-state index contributed by atoms with van der Waals surface area (Å²) in [6.07, 6.45) is 2.14. The molecule has 1 rings (SSSR count). The Bertz CT molecular complexity index is 474. The van der Waals surface area contributed by atoms with E-state index in [4.69, 9.17) is 14.2 Å². The number of methoxy groups -OCH3 is 1. The monoisotopic (exact) mass is 365 g/mol. The number of aryl methyl sites for hydroxylation is 2. The molecule has 0 bridgehead atoms. The lowest BCUT2D eigenvalue weighted by molar-refractivity contribution is 0.0263. The number of nitrogens with zero attached hydrogens (tertiary/aromatic N) is 1. The molecule has 0 atom stereocenters. The molecule has 1 aromatic carbocycles. The molecule has 0 aliphatic carbocycles. The van der Waals surface area contributed by atoms with Crippen molar-refractivity contribution in [2.24, 2.45) is 5.41 Å². The van der Waals surface area contributed by atoms with Crippen LogP contribution >= 0.6 is 0 Å². The first kappa shape index (κ1) is 22.9. The summed E-state index contributed by atoms with van der Waals surface area (Å²) in [6.45, 7) is 16.4. The van der Waals surface area contributed by atoms with E-state index >= 15 is 0 Å². The van der Waals surface area contributed by atoms with Gasteiger partial charge in [0.05, 0.1) is 33.0 Å². The molecule has 0 saturated heterocycles. The predicted molar refractivity (Wildman–Crippen MR) is 110 cm³/mol. The first-order valence-corrected chi connectivity index (χ1v) is 9.91. The van der Waals surface area contributed by atoms with Gasteiger partial charge in [-0.1, -0.05) is 40.7 Å². The van der Waals surface area contributed by atoms with Gasteiger partial charge in [-0.15, -0.1) is 0 Å². The Balaban J connectivity index is 2.62. The molecule has 150 valence electrons. The van der Waals surface area contributed by atoms with Gasteiger partial charge in [0.2, 0.25) is 0 Å². The van der Waals surface area contributed by atoms with E-state index < -0.39 is 0 Å². The molecular weight excluding hydrogens is 326 g/mol. The van der Waals surface area contributed by atoms with E-state index in [9.17, 15) is 0 Å². The minimum Gasteiger partial charge on any atom is -0.382 e. The third-order valence-corrected chi connectivity index (χ3v) is 4.19. The van der Waals surface area contributed by atoms with Crippen LogP contribution in [0.15, 0.2) is 18.2 Å². The molecule has 0 spiro atoms. The lowest BCUT2D eigenvalue weighted by Crippen LogP contribution is -2.35. The molecular formula is C22H39NO3. The van der Waals surface area contributed by atoms with E-state index in [0.29, 0.717) is 33.0 Å². The number of anilines is 1. The van der Waals surface area contributed by atoms with Crippen molar-refractivity contribution in [2.75, 3.05) is 58.1 Å². The van der Waals surface area contributed by atoms with Crippen LogP contribution in [-0.4, -0.2) is 53.2 Å². The van der Waals surface area contributed by atoms with Gasteiger partial charge in [-0.25, -0.2) is 0 Å². The second kappa shape index (κ2) is 12.3. The van der Waals surface area contributed by atoms with Crippen molar-refractivity contribution in [1.82, 2.24) is 0 Å². The van der Waals surface area contributed by atoms with E-state index in [1.54, 1.807) is 7.11 Å². The van der Waals surface area contributed by atoms with Gasteiger partial charge in [-0.05, 0) is 41.5 Å². The second-order valence-corrected chi connectivity index (χ2v) is 7.91. The van der Waals surface area contributed by atoms with Crippen molar-refractivity contribution < 1.29 is 14.2 Å². The third kappa shape index (κ3) is 9.56. The highest BCUT2D eigenvalue weighted by Gasteiger charge is 2.17.